The van der Waals surface area contributed by atoms with Gasteiger partial charge < -0.3 is 15.4 Å². The highest BCUT2D eigenvalue weighted by atomic mass is 16.5. The van der Waals surface area contributed by atoms with Crippen molar-refractivity contribution in [2.24, 2.45) is 0 Å². The number of nitrogens with zero attached hydrogens (tertiary/aromatic N) is 1. The minimum atomic E-state index is -0.260. The molecule has 1 heterocycles. The number of nitrogens with one attached hydrogen (secondary N) is 2. The van der Waals surface area contributed by atoms with Gasteiger partial charge in [0.05, 0.1) is 13.2 Å². The van der Waals surface area contributed by atoms with Gasteiger partial charge in [-0.2, -0.15) is 0 Å². The second-order valence-electron chi connectivity index (χ2n) is 4.97. The molecular formula is C15H21N3O3. The minimum Gasteiger partial charge on any atom is -0.379 e. The van der Waals surface area contributed by atoms with Crippen molar-refractivity contribution in [3.8, 4) is 0 Å². The predicted octanol–water partition coefficient (Wildman–Crippen LogP) is 1.34. The monoisotopic (exact) mass is 291 g/mol. The molecule has 0 bridgehead atoms. The summed E-state index contributed by atoms with van der Waals surface area (Å²) in [5.41, 5.74) is 1.20. The van der Waals surface area contributed by atoms with Gasteiger partial charge in [-0.15, -0.1) is 0 Å². The molecular weight excluding hydrogens is 270 g/mol. The molecule has 0 unspecified atom stereocenters. The molecule has 0 atom stereocenters. The summed E-state index contributed by atoms with van der Waals surface area (Å²) in [5.74, 6) is -0.0219. The number of ether oxygens (including phenoxy) is 1. The fourth-order valence-electron chi connectivity index (χ4n) is 2.14. The van der Waals surface area contributed by atoms with E-state index in [1.807, 2.05) is 0 Å². The zero-order chi connectivity index (χ0) is 15.1. The van der Waals surface area contributed by atoms with Crippen molar-refractivity contribution in [1.29, 1.82) is 0 Å². The Balaban J connectivity index is 1.73. The third-order valence-corrected chi connectivity index (χ3v) is 3.34. The normalized spacial score (nSPS) is 15.5. The second kappa shape index (κ2) is 7.75. The Morgan fingerprint density at radius 2 is 2.05 bits per heavy atom. The lowest BCUT2D eigenvalue weighted by Gasteiger charge is -2.26. The van der Waals surface area contributed by atoms with Crippen molar-refractivity contribution in [2.75, 3.05) is 44.7 Å². The summed E-state index contributed by atoms with van der Waals surface area (Å²) in [7, 11) is 0. The molecule has 2 rings (SSSR count). The van der Waals surface area contributed by atoms with Crippen molar-refractivity contribution < 1.29 is 14.3 Å². The number of anilines is 1. The number of rotatable bonds is 5. The molecule has 6 nitrogen and oxygen atoms in total. The van der Waals surface area contributed by atoms with Crippen molar-refractivity contribution in [1.82, 2.24) is 10.2 Å². The van der Waals surface area contributed by atoms with Gasteiger partial charge in [0.2, 0.25) is 0 Å². The number of amides is 2. The highest BCUT2D eigenvalue weighted by molar-refractivity contribution is 5.96. The van der Waals surface area contributed by atoms with Crippen molar-refractivity contribution in [3.05, 3.63) is 29.8 Å². The number of ketones is 1. The summed E-state index contributed by atoms with van der Waals surface area (Å²) < 4.78 is 5.27. The maximum absolute atomic E-state index is 11.8. The van der Waals surface area contributed by atoms with Gasteiger partial charge in [0.15, 0.2) is 5.78 Å². The van der Waals surface area contributed by atoms with E-state index in [0.717, 1.165) is 32.8 Å². The largest absolute Gasteiger partial charge is 0.379 e. The number of carbonyl (C=O) groups is 2. The molecule has 1 aliphatic rings. The van der Waals surface area contributed by atoms with Crippen LogP contribution in [0.4, 0.5) is 10.5 Å². The molecule has 1 fully saturated rings. The van der Waals surface area contributed by atoms with Crippen LogP contribution in [0.2, 0.25) is 0 Å². The molecule has 6 heteroatoms. The molecule has 2 amide bonds. The van der Waals surface area contributed by atoms with Gasteiger partial charge in [0.1, 0.15) is 0 Å². The third-order valence-electron chi connectivity index (χ3n) is 3.34. The van der Waals surface area contributed by atoms with Gasteiger partial charge in [-0.1, -0.05) is 12.1 Å². The van der Waals surface area contributed by atoms with Gasteiger partial charge in [0.25, 0.3) is 0 Å². The summed E-state index contributed by atoms with van der Waals surface area (Å²) in [4.78, 5) is 25.3. The van der Waals surface area contributed by atoms with Crippen LogP contribution in [0, 0.1) is 0 Å². The van der Waals surface area contributed by atoms with Gasteiger partial charge in [-0.05, 0) is 19.1 Å². The zero-order valence-electron chi connectivity index (χ0n) is 12.2. The summed E-state index contributed by atoms with van der Waals surface area (Å²) >= 11 is 0. The van der Waals surface area contributed by atoms with E-state index >= 15 is 0 Å². The number of morpholine rings is 1. The van der Waals surface area contributed by atoms with Crippen LogP contribution in [-0.4, -0.2) is 56.1 Å². The quantitative estimate of drug-likeness (QED) is 0.803. The van der Waals surface area contributed by atoms with Crippen molar-refractivity contribution in [3.63, 3.8) is 0 Å². The molecule has 0 spiro atoms. The summed E-state index contributed by atoms with van der Waals surface area (Å²) in [6.45, 7) is 6.21. The van der Waals surface area contributed by atoms with E-state index in [0.29, 0.717) is 17.8 Å². The molecule has 1 aromatic rings. The molecule has 0 saturated carbocycles. The van der Waals surface area contributed by atoms with E-state index in [9.17, 15) is 9.59 Å². The Labute approximate surface area is 124 Å². The first-order valence-electron chi connectivity index (χ1n) is 7.11. The van der Waals surface area contributed by atoms with E-state index in [-0.39, 0.29) is 11.8 Å². The Bertz CT molecular complexity index is 499. The summed E-state index contributed by atoms with van der Waals surface area (Å²) in [6, 6.07) is 6.64. The van der Waals surface area contributed by atoms with Crippen LogP contribution in [0.1, 0.15) is 17.3 Å². The van der Waals surface area contributed by atoms with Crippen LogP contribution < -0.4 is 10.6 Å². The summed E-state index contributed by atoms with van der Waals surface area (Å²) in [6.07, 6.45) is 0. The van der Waals surface area contributed by atoms with Crippen LogP contribution >= 0.6 is 0 Å². The van der Waals surface area contributed by atoms with E-state index in [4.69, 9.17) is 4.74 Å². The molecule has 1 aromatic carbocycles. The average molecular weight is 291 g/mol. The number of Topliss-reactive ketones (excluding diaryl/α,β-unsaturated/α-hetero) is 1. The standard InChI is InChI=1S/C15H21N3O3/c1-12(19)13-3-2-4-14(11-13)17-15(20)16-5-6-18-7-9-21-10-8-18/h2-4,11H,5-10H2,1H3,(H2,16,17,20). The fraction of sp³-hybridized carbons (Fsp3) is 0.467. The van der Waals surface area contributed by atoms with Crippen LogP contribution in [-0.2, 0) is 4.74 Å². The van der Waals surface area contributed by atoms with Crippen LogP contribution in [0.3, 0.4) is 0 Å². The zero-order valence-corrected chi connectivity index (χ0v) is 12.2. The molecule has 1 aliphatic heterocycles. The summed E-state index contributed by atoms with van der Waals surface area (Å²) in [5, 5.41) is 5.54. The van der Waals surface area contributed by atoms with Crippen LogP contribution in [0.25, 0.3) is 0 Å². The Hall–Kier alpha value is -1.92. The first-order valence-corrected chi connectivity index (χ1v) is 7.11. The van der Waals surface area contributed by atoms with E-state index in [1.165, 1.54) is 6.92 Å². The Morgan fingerprint density at radius 1 is 1.29 bits per heavy atom. The van der Waals surface area contributed by atoms with Crippen LogP contribution in [0.15, 0.2) is 24.3 Å². The van der Waals surface area contributed by atoms with Gasteiger partial charge >= 0.3 is 6.03 Å². The molecule has 1 saturated heterocycles. The molecule has 2 N–H and O–H groups in total. The predicted molar refractivity (Wildman–Crippen MR) is 80.7 cm³/mol. The molecule has 0 radical (unpaired) electrons. The number of hydrogen-bond acceptors (Lipinski definition) is 4. The van der Waals surface area contributed by atoms with E-state index < -0.39 is 0 Å². The maximum Gasteiger partial charge on any atom is 0.319 e. The van der Waals surface area contributed by atoms with Gasteiger partial charge in [-0.3, -0.25) is 9.69 Å². The topological polar surface area (TPSA) is 70.7 Å². The first kappa shape index (κ1) is 15.5. The highest BCUT2D eigenvalue weighted by Gasteiger charge is 2.10. The Kier molecular flexibility index (Phi) is 5.71. The molecule has 114 valence electrons. The smallest absolute Gasteiger partial charge is 0.319 e. The van der Waals surface area contributed by atoms with Gasteiger partial charge in [-0.25, -0.2) is 4.79 Å². The Morgan fingerprint density at radius 3 is 2.76 bits per heavy atom. The first-order chi connectivity index (χ1) is 10.1. The molecule has 0 aliphatic carbocycles. The minimum absolute atomic E-state index is 0.0219. The average Bonchev–Trinajstić information content (AvgIpc) is 2.48. The lowest BCUT2D eigenvalue weighted by Crippen LogP contribution is -2.42. The fourth-order valence-corrected chi connectivity index (χ4v) is 2.14. The van der Waals surface area contributed by atoms with Gasteiger partial charge in [0, 0.05) is 37.4 Å². The number of hydrogen-bond donors (Lipinski definition) is 2. The SMILES string of the molecule is CC(=O)c1cccc(NC(=O)NCCN2CCOCC2)c1. The molecule has 0 aromatic heterocycles. The van der Waals surface area contributed by atoms with Crippen LogP contribution in [0.5, 0.6) is 0 Å². The lowest BCUT2D eigenvalue weighted by molar-refractivity contribution is 0.0388. The maximum atomic E-state index is 11.8. The van der Waals surface area contributed by atoms with Crippen molar-refractivity contribution in [2.45, 2.75) is 6.92 Å². The third kappa shape index (κ3) is 5.17. The number of urea groups is 1. The van der Waals surface area contributed by atoms with Crippen molar-refractivity contribution >= 4 is 17.5 Å². The number of carbonyl (C=O) groups excluding carboxylic acids is 2. The van der Waals surface area contributed by atoms with E-state index in [1.54, 1.807) is 24.3 Å². The lowest BCUT2D eigenvalue weighted by atomic mass is 10.1. The number of benzene rings is 1. The second-order valence-corrected chi connectivity index (χ2v) is 4.97. The highest BCUT2D eigenvalue weighted by Crippen LogP contribution is 2.10. The van der Waals surface area contributed by atoms with E-state index in [2.05, 4.69) is 15.5 Å². The molecule has 21 heavy (non-hydrogen) atoms.